The van der Waals surface area contributed by atoms with Crippen molar-refractivity contribution in [2.75, 3.05) is 0 Å². The van der Waals surface area contributed by atoms with E-state index in [4.69, 9.17) is 16.3 Å². The monoisotopic (exact) mass is 297 g/mol. The lowest BCUT2D eigenvalue weighted by molar-refractivity contribution is 0.459. The summed E-state index contributed by atoms with van der Waals surface area (Å²) >= 11 is 9.31. The third-order valence-corrected chi connectivity index (χ3v) is 3.26. The molecule has 0 spiro atoms. The predicted molar refractivity (Wildman–Crippen MR) is 68.2 cm³/mol. The van der Waals surface area contributed by atoms with E-state index in [0.717, 1.165) is 10.0 Å². The second kappa shape index (κ2) is 4.85. The summed E-state index contributed by atoms with van der Waals surface area (Å²) in [4.78, 5) is 4.15. The van der Waals surface area contributed by atoms with Crippen LogP contribution in [0, 0.1) is 6.92 Å². The van der Waals surface area contributed by atoms with Crippen LogP contribution in [0.2, 0.25) is 5.02 Å². The molecule has 0 radical (unpaired) electrons. The second-order valence-corrected chi connectivity index (χ2v) is 4.54. The van der Waals surface area contributed by atoms with Gasteiger partial charge in [-0.2, -0.15) is 0 Å². The molecule has 0 bridgehead atoms. The van der Waals surface area contributed by atoms with Gasteiger partial charge < -0.3 is 4.74 Å². The number of aryl methyl sites for hydroxylation is 1. The van der Waals surface area contributed by atoms with Gasteiger partial charge in [0, 0.05) is 11.2 Å². The van der Waals surface area contributed by atoms with Gasteiger partial charge in [-0.05, 0) is 52.7 Å². The highest BCUT2D eigenvalue weighted by Crippen LogP contribution is 2.30. The highest BCUT2D eigenvalue weighted by Gasteiger charge is 2.06. The van der Waals surface area contributed by atoms with Gasteiger partial charge in [-0.3, -0.25) is 0 Å². The first kappa shape index (κ1) is 11.4. The molecular formula is C12H9BrClNO. The van der Waals surface area contributed by atoms with Crippen molar-refractivity contribution in [2.24, 2.45) is 0 Å². The van der Waals surface area contributed by atoms with Crippen LogP contribution in [0.5, 0.6) is 11.6 Å². The van der Waals surface area contributed by atoms with Crippen molar-refractivity contribution < 1.29 is 4.74 Å². The molecule has 0 unspecified atom stereocenters. The van der Waals surface area contributed by atoms with E-state index in [1.807, 2.05) is 25.1 Å². The zero-order chi connectivity index (χ0) is 11.5. The van der Waals surface area contributed by atoms with Crippen LogP contribution in [-0.2, 0) is 0 Å². The minimum atomic E-state index is 0.544. The van der Waals surface area contributed by atoms with Crippen LogP contribution >= 0.6 is 27.5 Å². The van der Waals surface area contributed by atoms with Gasteiger partial charge in [0.25, 0.3) is 0 Å². The summed E-state index contributed by atoms with van der Waals surface area (Å²) in [6.45, 7) is 1.98. The Balaban J connectivity index is 2.31. The molecule has 1 aromatic heterocycles. The fraction of sp³-hybridized carbons (Fsp3) is 0.0833. The molecule has 0 saturated heterocycles. The van der Waals surface area contributed by atoms with Crippen LogP contribution in [0.25, 0.3) is 0 Å². The van der Waals surface area contributed by atoms with Crippen LogP contribution < -0.4 is 4.74 Å². The fourth-order valence-corrected chi connectivity index (χ4v) is 1.72. The molecule has 2 aromatic rings. The van der Waals surface area contributed by atoms with Crippen molar-refractivity contribution in [1.29, 1.82) is 0 Å². The Bertz CT molecular complexity index is 516. The molecule has 2 nitrogen and oxygen atoms in total. The van der Waals surface area contributed by atoms with E-state index >= 15 is 0 Å². The summed E-state index contributed by atoms with van der Waals surface area (Å²) < 4.78 is 6.48. The van der Waals surface area contributed by atoms with Crippen LogP contribution in [-0.4, -0.2) is 4.98 Å². The molecule has 1 aromatic carbocycles. The number of hydrogen-bond acceptors (Lipinski definition) is 2. The number of hydrogen-bond donors (Lipinski definition) is 0. The van der Waals surface area contributed by atoms with Crippen molar-refractivity contribution >= 4 is 27.5 Å². The van der Waals surface area contributed by atoms with Gasteiger partial charge in [0.05, 0.1) is 4.47 Å². The third-order valence-electron chi connectivity index (χ3n) is 2.06. The molecule has 0 N–H and O–H groups in total. The van der Waals surface area contributed by atoms with Crippen LogP contribution in [0.15, 0.2) is 41.0 Å². The van der Waals surface area contributed by atoms with Gasteiger partial charge in [0.1, 0.15) is 5.75 Å². The molecule has 0 aliphatic carbocycles. The number of pyridine rings is 1. The highest BCUT2D eigenvalue weighted by atomic mass is 79.9. The van der Waals surface area contributed by atoms with Crippen LogP contribution in [0.1, 0.15) is 5.56 Å². The molecule has 0 aliphatic heterocycles. The number of nitrogens with zero attached hydrogens (tertiary/aromatic N) is 1. The first-order valence-electron chi connectivity index (χ1n) is 4.71. The molecule has 0 aliphatic rings. The van der Waals surface area contributed by atoms with E-state index in [-0.39, 0.29) is 0 Å². The van der Waals surface area contributed by atoms with E-state index < -0.39 is 0 Å². The molecule has 16 heavy (non-hydrogen) atoms. The molecular weight excluding hydrogens is 289 g/mol. The first-order chi connectivity index (χ1) is 7.66. The Morgan fingerprint density at radius 1 is 1.31 bits per heavy atom. The minimum Gasteiger partial charge on any atom is -0.438 e. The largest absolute Gasteiger partial charge is 0.438 e. The Hall–Kier alpha value is -1.06. The van der Waals surface area contributed by atoms with Crippen LogP contribution in [0.3, 0.4) is 0 Å². The van der Waals surface area contributed by atoms with E-state index in [2.05, 4.69) is 20.9 Å². The van der Waals surface area contributed by atoms with Crippen molar-refractivity contribution in [3.63, 3.8) is 0 Å². The van der Waals surface area contributed by atoms with Gasteiger partial charge in [-0.25, -0.2) is 4.98 Å². The van der Waals surface area contributed by atoms with Gasteiger partial charge in [-0.1, -0.05) is 17.7 Å². The standard InChI is InChI=1S/C12H9BrClNO/c1-8-5-6-15-12(11(8)13)16-10-4-2-3-9(14)7-10/h2-7H,1H3. The predicted octanol–water partition coefficient (Wildman–Crippen LogP) is 4.60. The lowest BCUT2D eigenvalue weighted by Gasteiger charge is -2.07. The fourth-order valence-electron chi connectivity index (χ4n) is 1.23. The second-order valence-electron chi connectivity index (χ2n) is 3.31. The molecule has 2 rings (SSSR count). The lowest BCUT2D eigenvalue weighted by atomic mass is 10.3. The minimum absolute atomic E-state index is 0.544. The van der Waals surface area contributed by atoms with Crippen LogP contribution in [0.4, 0.5) is 0 Å². The molecule has 0 fully saturated rings. The summed E-state index contributed by atoms with van der Waals surface area (Å²) in [7, 11) is 0. The van der Waals surface area contributed by atoms with Crippen molar-refractivity contribution in [2.45, 2.75) is 6.92 Å². The average Bonchev–Trinajstić information content (AvgIpc) is 2.25. The normalized spacial score (nSPS) is 10.2. The van der Waals surface area contributed by atoms with Gasteiger partial charge >= 0.3 is 0 Å². The van der Waals surface area contributed by atoms with Gasteiger partial charge in [-0.15, -0.1) is 0 Å². The summed E-state index contributed by atoms with van der Waals surface area (Å²) in [5, 5.41) is 0.640. The van der Waals surface area contributed by atoms with Crippen molar-refractivity contribution in [3.8, 4) is 11.6 Å². The van der Waals surface area contributed by atoms with E-state index in [0.29, 0.717) is 16.7 Å². The lowest BCUT2D eigenvalue weighted by Crippen LogP contribution is -1.90. The Morgan fingerprint density at radius 2 is 2.12 bits per heavy atom. The Morgan fingerprint density at radius 3 is 2.88 bits per heavy atom. The summed E-state index contributed by atoms with van der Waals surface area (Å²) in [6, 6.07) is 9.13. The SMILES string of the molecule is Cc1ccnc(Oc2cccc(Cl)c2)c1Br. The highest BCUT2D eigenvalue weighted by molar-refractivity contribution is 9.10. The van der Waals surface area contributed by atoms with E-state index in [1.54, 1.807) is 18.3 Å². The number of aromatic nitrogens is 1. The van der Waals surface area contributed by atoms with Gasteiger partial charge in [0.2, 0.25) is 5.88 Å². The smallest absolute Gasteiger partial charge is 0.233 e. The maximum atomic E-state index is 5.87. The topological polar surface area (TPSA) is 22.1 Å². The number of benzene rings is 1. The molecule has 1 heterocycles. The van der Waals surface area contributed by atoms with E-state index in [9.17, 15) is 0 Å². The summed E-state index contributed by atoms with van der Waals surface area (Å²) in [5.41, 5.74) is 1.08. The molecule has 82 valence electrons. The third kappa shape index (κ3) is 2.54. The van der Waals surface area contributed by atoms with Crippen molar-refractivity contribution in [3.05, 3.63) is 51.6 Å². The van der Waals surface area contributed by atoms with Gasteiger partial charge in [0.15, 0.2) is 0 Å². The number of ether oxygens (including phenoxy) is 1. The number of rotatable bonds is 2. The zero-order valence-corrected chi connectivity index (χ0v) is 10.9. The summed E-state index contributed by atoms with van der Waals surface area (Å²) in [6.07, 6.45) is 1.71. The number of halogens is 2. The van der Waals surface area contributed by atoms with E-state index in [1.165, 1.54) is 0 Å². The zero-order valence-electron chi connectivity index (χ0n) is 8.58. The molecule has 0 atom stereocenters. The van der Waals surface area contributed by atoms with Crippen molar-refractivity contribution in [1.82, 2.24) is 4.98 Å². The summed E-state index contributed by atoms with van der Waals surface area (Å²) in [5.74, 6) is 1.22. The average molecular weight is 299 g/mol. The Labute approximate surface area is 107 Å². The maximum Gasteiger partial charge on any atom is 0.233 e. The molecule has 0 saturated carbocycles. The molecule has 4 heteroatoms. The quantitative estimate of drug-likeness (QED) is 0.808. The Kier molecular flexibility index (Phi) is 3.46. The first-order valence-corrected chi connectivity index (χ1v) is 5.88. The maximum absolute atomic E-state index is 5.87. The molecule has 0 amide bonds.